The van der Waals surface area contributed by atoms with Crippen molar-refractivity contribution in [1.82, 2.24) is 9.80 Å². The topological polar surface area (TPSA) is 43.8 Å². The van der Waals surface area contributed by atoms with Gasteiger partial charge in [0.05, 0.1) is 0 Å². The maximum atomic E-state index is 12.0. The Kier molecular flexibility index (Phi) is 3.32. The zero-order valence-electron chi connectivity index (χ0n) is 11.2. The fraction of sp³-hybridized carbons (Fsp3) is 0.929. The number of hydrogen-bond acceptors (Lipinski definition) is 3. The molecule has 1 amide bonds. The van der Waals surface area contributed by atoms with Crippen LogP contribution in [0.5, 0.6) is 0 Å². The van der Waals surface area contributed by atoms with E-state index >= 15 is 0 Å². The highest BCUT2D eigenvalue weighted by Crippen LogP contribution is 2.36. The van der Waals surface area contributed by atoms with E-state index in [0.717, 1.165) is 19.4 Å². The Bertz CT molecular complexity index is 320. The van der Waals surface area contributed by atoms with Crippen LogP contribution in [0.2, 0.25) is 0 Å². The minimum atomic E-state index is 0.154. The molecule has 3 atom stereocenters. The normalized spacial score (nSPS) is 41.4. The van der Waals surface area contributed by atoms with Gasteiger partial charge in [-0.15, -0.1) is 0 Å². The summed E-state index contributed by atoms with van der Waals surface area (Å²) in [5.74, 6) is 0.443. The highest BCUT2D eigenvalue weighted by Gasteiger charge is 2.42. The minimum absolute atomic E-state index is 0.154. The number of hydrogen-bond donors (Lipinski definition) is 1. The summed E-state index contributed by atoms with van der Waals surface area (Å²) >= 11 is 0. The third kappa shape index (κ3) is 2.05. The molecule has 3 saturated heterocycles. The molecule has 1 N–H and O–H groups in total. The van der Waals surface area contributed by atoms with Crippen molar-refractivity contribution in [3.8, 4) is 0 Å². The van der Waals surface area contributed by atoms with Gasteiger partial charge in [0.25, 0.3) is 0 Å². The third-order valence-corrected chi connectivity index (χ3v) is 5.25. The van der Waals surface area contributed by atoms with Crippen LogP contribution in [0.15, 0.2) is 0 Å². The van der Waals surface area contributed by atoms with E-state index in [0.29, 0.717) is 24.5 Å². The minimum Gasteiger partial charge on any atom is -0.396 e. The van der Waals surface area contributed by atoms with Gasteiger partial charge in [-0.2, -0.15) is 0 Å². The van der Waals surface area contributed by atoms with E-state index in [-0.39, 0.29) is 18.4 Å². The van der Waals surface area contributed by atoms with Crippen LogP contribution in [0.3, 0.4) is 0 Å². The van der Waals surface area contributed by atoms with Gasteiger partial charge < -0.3 is 14.9 Å². The van der Waals surface area contributed by atoms with Crippen molar-refractivity contribution >= 4 is 5.91 Å². The molecule has 4 nitrogen and oxygen atoms in total. The highest BCUT2D eigenvalue weighted by atomic mass is 16.3. The second-order valence-electron chi connectivity index (χ2n) is 6.33. The van der Waals surface area contributed by atoms with E-state index in [9.17, 15) is 9.90 Å². The SMILES string of the molecule is CN1C2CCCC1CC(N1CC(CO)CC1=O)C2. The molecule has 3 rings (SSSR count). The van der Waals surface area contributed by atoms with E-state index < -0.39 is 0 Å². The molecule has 3 fully saturated rings. The number of carbonyl (C=O) groups excluding carboxylic acids is 1. The Hall–Kier alpha value is -0.610. The van der Waals surface area contributed by atoms with E-state index in [1.54, 1.807) is 0 Å². The number of piperidine rings is 2. The van der Waals surface area contributed by atoms with Crippen LogP contribution in [0.4, 0.5) is 0 Å². The van der Waals surface area contributed by atoms with Gasteiger partial charge in [-0.1, -0.05) is 6.42 Å². The Morgan fingerprint density at radius 1 is 1.22 bits per heavy atom. The van der Waals surface area contributed by atoms with Crippen LogP contribution in [-0.2, 0) is 4.79 Å². The van der Waals surface area contributed by atoms with Crippen LogP contribution < -0.4 is 0 Å². The van der Waals surface area contributed by atoms with Crippen LogP contribution >= 0.6 is 0 Å². The molecule has 0 radical (unpaired) electrons. The highest BCUT2D eigenvalue weighted by molar-refractivity contribution is 5.79. The Balaban J connectivity index is 1.69. The van der Waals surface area contributed by atoms with Crippen molar-refractivity contribution in [2.45, 2.75) is 56.7 Å². The van der Waals surface area contributed by atoms with Gasteiger partial charge in [0.1, 0.15) is 0 Å². The molecule has 0 aromatic carbocycles. The largest absolute Gasteiger partial charge is 0.396 e. The van der Waals surface area contributed by atoms with E-state index in [4.69, 9.17) is 0 Å². The van der Waals surface area contributed by atoms with Crippen molar-refractivity contribution in [1.29, 1.82) is 0 Å². The lowest BCUT2D eigenvalue weighted by Gasteiger charge is -2.49. The van der Waals surface area contributed by atoms with Crippen molar-refractivity contribution in [2.24, 2.45) is 5.92 Å². The third-order valence-electron chi connectivity index (χ3n) is 5.25. The molecule has 3 unspecified atom stereocenters. The molecule has 3 aliphatic heterocycles. The first-order valence-corrected chi connectivity index (χ1v) is 7.31. The molecule has 18 heavy (non-hydrogen) atoms. The number of nitrogens with zero attached hydrogens (tertiary/aromatic N) is 2. The van der Waals surface area contributed by atoms with E-state index in [1.807, 2.05) is 0 Å². The Morgan fingerprint density at radius 3 is 2.44 bits per heavy atom. The maximum Gasteiger partial charge on any atom is 0.223 e. The smallest absolute Gasteiger partial charge is 0.223 e. The Labute approximate surface area is 109 Å². The second kappa shape index (κ2) is 4.82. The molecule has 0 saturated carbocycles. The summed E-state index contributed by atoms with van der Waals surface area (Å²) in [4.78, 5) is 16.6. The fourth-order valence-electron chi connectivity index (χ4n) is 4.13. The predicted octanol–water partition coefficient (Wildman–Crippen LogP) is 0.843. The molecular weight excluding hydrogens is 228 g/mol. The number of aliphatic hydroxyl groups excluding tert-OH is 1. The molecule has 4 heteroatoms. The lowest BCUT2D eigenvalue weighted by Crippen LogP contribution is -2.55. The molecule has 0 aromatic rings. The average molecular weight is 252 g/mol. The molecule has 0 aliphatic carbocycles. The molecule has 102 valence electrons. The number of amides is 1. The molecular formula is C14H24N2O2. The number of fused-ring (bicyclic) bond motifs is 2. The molecule has 0 aromatic heterocycles. The average Bonchev–Trinajstić information content (AvgIpc) is 2.70. The van der Waals surface area contributed by atoms with Gasteiger partial charge in [0, 0.05) is 43.6 Å². The molecule has 0 spiro atoms. The maximum absolute atomic E-state index is 12.0. The standard InChI is InChI=1S/C14H24N2O2/c1-15-11-3-2-4-12(15)7-13(6-11)16-8-10(9-17)5-14(16)18/h10-13,17H,2-9H2,1H3. The summed E-state index contributed by atoms with van der Waals surface area (Å²) in [6, 6.07) is 1.77. The molecule has 2 bridgehead atoms. The first-order chi connectivity index (χ1) is 8.69. The van der Waals surface area contributed by atoms with Crippen LogP contribution in [0.1, 0.15) is 38.5 Å². The number of carbonyl (C=O) groups is 1. The first kappa shape index (κ1) is 12.4. The number of aliphatic hydroxyl groups is 1. The number of rotatable bonds is 2. The van der Waals surface area contributed by atoms with Gasteiger partial charge in [-0.05, 0) is 32.7 Å². The van der Waals surface area contributed by atoms with Gasteiger partial charge >= 0.3 is 0 Å². The second-order valence-corrected chi connectivity index (χ2v) is 6.33. The first-order valence-electron chi connectivity index (χ1n) is 7.31. The summed E-state index contributed by atoms with van der Waals surface area (Å²) in [6.07, 6.45) is 6.75. The predicted molar refractivity (Wildman–Crippen MR) is 69.1 cm³/mol. The monoisotopic (exact) mass is 252 g/mol. The number of likely N-dealkylation sites (tertiary alicyclic amines) is 1. The fourth-order valence-corrected chi connectivity index (χ4v) is 4.13. The van der Waals surface area contributed by atoms with Crippen LogP contribution in [0, 0.1) is 5.92 Å². The zero-order valence-corrected chi connectivity index (χ0v) is 11.2. The summed E-state index contributed by atoms with van der Waals surface area (Å²) < 4.78 is 0. The summed E-state index contributed by atoms with van der Waals surface area (Å²) in [5, 5.41) is 9.22. The summed E-state index contributed by atoms with van der Waals surface area (Å²) in [5.41, 5.74) is 0. The lowest BCUT2D eigenvalue weighted by molar-refractivity contribution is -0.131. The van der Waals surface area contributed by atoms with Gasteiger partial charge in [0.15, 0.2) is 0 Å². The van der Waals surface area contributed by atoms with Crippen molar-refractivity contribution in [2.75, 3.05) is 20.2 Å². The van der Waals surface area contributed by atoms with Gasteiger partial charge in [-0.3, -0.25) is 4.79 Å². The van der Waals surface area contributed by atoms with Crippen molar-refractivity contribution in [3.05, 3.63) is 0 Å². The van der Waals surface area contributed by atoms with Crippen molar-refractivity contribution in [3.63, 3.8) is 0 Å². The van der Waals surface area contributed by atoms with Crippen LogP contribution in [0.25, 0.3) is 0 Å². The molecule has 3 aliphatic rings. The zero-order chi connectivity index (χ0) is 12.7. The molecule has 3 heterocycles. The van der Waals surface area contributed by atoms with Crippen LogP contribution in [-0.4, -0.2) is 59.1 Å². The Morgan fingerprint density at radius 2 is 1.89 bits per heavy atom. The summed E-state index contributed by atoms with van der Waals surface area (Å²) in [6.45, 7) is 0.935. The van der Waals surface area contributed by atoms with E-state index in [2.05, 4.69) is 16.8 Å². The van der Waals surface area contributed by atoms with Crippen molar-refractivity contribution < 1.29 is 9.90 Å². The van der Waals surface area contributed by atoms with Gasteiger partial charge in [0.2, 0.25) is 5.91 Å². The van der Waals surface area contributed by atoms with Gasteiger partial charge in [-0.25, -0.2) is 0 Å². The summed E-state index contributed by atoms with van der Waals surface area (Å²) in [7, 11) is 2.24. The lowest BCUT2D eigenvalue weighted by atomic mass is 9.82. The quantitative estimate of drug-likeness (QED) is 0.792. The van der Waals surface area contributed by atoms with E-state index in [1.165, 1.54) is 19.3 Å².